The lowest BCUT2D eigenvalue weighted by Gasteiger charge is -2.23. The predicted molar refractivity (Wildman–Crippen MR) is 110 cm³/mol. The third-order valence-corrected chi connectivity index (χ3v) is 4.65. The molecule has 0 saturated heterocycles. The van der Waals surface area contributed by atoms with E-state index in [4.69, 9.17) is 5.10 Å². The van der Waals surface area contributed by atoms with Crippen LogP contribution in [0.15, 0.2) is 90.0 Å². The average molecular weight is 355 g/mol. The van der Waals surface area contributed by atoms with Gasteiger partial charge in [-0.2, -0.15) is 5.10 Å². The molecule has 0 unspecified atom stereocenters. The summed E-state index contributed by atoms with van der Waals surface area (Å²) in [5, 5.41) is 9.85. The number of hydrazone groups is 1. The van der Waals surface area contributed by atoms with Gasteiger partial charge in [-0.3, -0.25) is 9.80 Å². The normalized spacial score (nSPS) is 16.1. The molecule has 1 aliphatic rings. The topological polar surface area (TPSA) is 44.7 Å². The van der Waals surface area contributed by atoms with Crippen LogP contribution in [-0.4, -0.2) is 11.6 Å². The number of benzene rings is 3. The Morgan fingerprint density at radius 2 is 1.56 bits per heavy atom. The minimum absolute atomic E-state index is 0.0691. The second kappa shape index (κ2) is 7.46. The fraction of sp³-hybridized carbons (Fsp3) is 0.130. The van der Waals surface area contributed by atoms with Gasteiger partial charge >= 0.3 is 0 Å². The fourth-order valence-corrected chi connectivity index (χ4v) is 3.39. The van der Waals surface area contributed by atoms with Gasteiger partial charge in [0, 0.05) is 19.0 Å². The zero-order chi connectivity index (χ0) is 18.6. The van der Waals surface area contributed by atoms with E-state index in [1.54, 1.807) is 0 Å². The highest BCUT2D eigenvalue weighted by Gasteiger charge is 2.29. The summed E-state index contributed by atoms with van der Waals surface area (Å²) in [6.45, 7) is 1.51. The van der Waals surface area contributed by atoms with Crippen molar-refractivity contribution >= 4 is 23.0 Å². The second-order valence-electron chi connectivity index (χ2n) is 6.62. The maximum atomic E-state index is 11.2. The molecule has 0 radical (unpaired) electrons. The molecular formula is C23H21N3O. The quantitative estimate of drug-likeness (QED) is 0.716. The number of amides is 1. The van der Waals surface area contributed by atoms with E-state index in [0.717, 1.165) is 29.1 Å². The number of para-hydroxylation sites is 1. The van der Waals surface area contributed by atoms with Crippen molar-refractivity contribution in [2.24, 2.45) is 5.10 Å². The van der Waals surface area contributed by atoms with E-state index in [1.165, 1.54) is 12.5 Å². The summed E-state index contributed by atoms with van der Waals surface area (Å²) in [5.41, 5.74) is 5.24. The number of nitrogens with one attached hydrogen (secondary N) is 1. The fourth-order valence-electron chi connectivity index (χ4n) is 3.39. The maximum absolute atomic E-state index is 11.2. The molecular weight excluding hydrogens is 334 g/mol. The molecule has 4 nitrogen and oxygen atoms in total. The molecule has 1 atom stereocenters. The molecule has 3 aromatic carbocycles. The van der Waals surface area contributed by atoms with E-state index in [0.29, 0.717) is 0 Å². The number of nitrogens with zero attached hydrogens (tertiary/aromatic N) is 2. The van der Waals surface area contributed by atoms with E-state index in [2.05, 4.69) is 46.7 Å². The highest BCUT2D eigenvalue weighted by molar-refractivity contribution is 6.03. The molecule has 1 aliphatic heterocycles. The van der Waals surface area contributed by atoms with E-state index in [1.807, 2.05) is 48.5 Å². The first-order valence-electron chi connectivity index (χ1n) is 9.05. The monoisotopic (exact) mass is 355 g/mol. The molecule has 1 amide bonds. The average Bonchev–Trinajstić information content (AvgIpc) is 3.15. The molecule has 27 heavy (non-hydrogen) atoms. The van der Waals surface area contributed by atoms with Crippen molar-refractivity contribution in [3.05, 3.63) is 96.1 Å². The molecule has 0 bridgehead atoms. The molecule has 0 spiro atoms. The summed E-state index contributed by atoms with van der Waals surface area (Å²) in [4.78, 5) is 11.2. The first kappa shape index (κ1) is 17.0. The van der Waals surface area contributed by atoms with Gasteiger partial charge in [0.15, 0.2) is 0 Å². The maximum Gasteiger partial charge on any atom is 0.221 e. The number of rotatable bonds is 4. The minimum atomic E-state index is -0.0691. The third kappa shape index (κ3) is 3.75. The standard InChI is InChI=1S/C23H21N3O/c1-17(27)24-20-14-12-18(13-15-20)22-16-23(19-8-4-2-5-9-19)26(25-22)21-10-6-3-7-11-21/h2-15,23H,16H2,1H3,(H,24,27)/t23-/m1/s1. The molecule has 0 saturated carbocycles. The van der Waals surface area contributed by atoms with Crippen LogP contribution in [-0.2, 0) is 4.79 Å². The lowest BCUT2D eigenvalue weighted by Crippen LogP contribution is -2.18. The van der Waals surface area contributed by atoms with Gasteiger partial charge in [-0.15, -0.1) is 0 Å². The van der Waals surface area contributed by atoms with Gasteiger partial charge in [0.1, 0.15) is 0 Å². The van der Waals surface area contributed by atoms with E-state index >= 15 is 0 Å². The number of carbonyl (C=O) groups excluding carboxylic acids is 1. The van der Waals surface area contributed by atoms with E-state index < -0.39 is 0 Å². The zero-order valence-electron chi connectivity index (χ0n) is 15.2. The predicted octanol–water partition coefficient (Wildman–Crippen LogP) is 5.00. The van der Waals surface area contributed by atoms with Crippen LogP contribution < -0.4 is 10.3 Å². The molecule has 1 heterocycles. The molecule has 4 rings (SSSR count). The van der Waals surface area contributed by atoms with Crippen LogP contribution in [0.25, 0.3) is 0 Å². The third-order valence-electron chi connectivity index (χ3n) is 4.65. The first-order valence-corrected chi connectivity index (χ1v) is 9.05. The van der Waals surface area contributed by atoms with E-state index in [9.17, 15) is 4.79 Å². The van der Waals surface area contributed by atoms with Crippen LogP contribution in [0.4, 0.5) is 11.4 Å². The Kier molecular flexibility index (Phi) is 4.71. The van der Waals surface area contributed by atoms with Crippen molar-refractivity contribution in [1.29, 1.82) is 0 Å². The van der Waals surface area contributed by atoms with Gasteiger partial charge in [-0.25, -0.2) is 0 Å². The molecule has 0 fully saturated rings. The Balaban J connectivity index is 1.66. The summed E-state index contributed by atoms with van der Waals surface area (Å²) >= 11 is 0. The van der Waals surface area contributed by atoms with Crippen molar-refractivity contribution in [2.75, 3.05) is 10.3 Å². The van der Waals surface area contributed by atoms with Crippen LogP contribution >= 0.6 is 0 Å². The van der Waals surface area contributed by atoms with Gasteiger partial charge in [-0.1, -0.05) is 60.7 Å². The summed E-state index contributed by atoms with van der Waals surface area (Å²) < 4.78 is 0. The van der Waals surface area contributed by atoms with Crippen molar-refractivity contribution in [3.8, 4) is 0 Å². The first-order chi connectivity index (χ1) is 13.2. The number of carbonyl (C=O) groups is 1. The van der Waals surface area contributed by atoms with Gasteiger partial charge in [0.2, 0.25) is 5.91 Å². The van der Waals surface area contributed by atoms with Gasteiger partial charge < -0.3 is 5.32 Å². The Morgan fingerprint density at radius 1 is 0.926 bits per heavy atom. The van der Waals surface area contributed by atoms with Crippen molar-refractivity contribution in [3.63, 3.8) is 0 Å². The van der Waals surface area contributed by atoms with Crippen LogP contribution in [0.5, 0.6) is 0 Å². The summed E-state index contributed by atoms with van der Waals surface area (Å²) in [7, 11) is 0. The number of hydrogen-bond donors (Lipinski definition) is 1. The highest BCUT2D eigenvalue weighted by Crippen LogP contribution is 2.36. The molecule has 4 heteroatoms. The molecule has 1 N–H and O–H groups in total. The van der Waals surface area contributed by atoms with Gasteiger partial charge in [0.25, 0.3) is 0 Å². The molecule has 134 valence electrons. The van der Waals surface area contributed by atoms with Gasteiger partial charge in [-0.05, 0) is 35.4 Å². The van der Waals surface area contributed by atoms with E-state index in [-0.39, 0.29) is 11.9 Å². The van der Waals surface area contributed by atoms with Crippen molar-refractivity contribution in [1.82, 2.24) is 0 Å². The Labute approximate surface area is 159 Å². The van der Waals surface area contributed by atoms with Crippen molar-refractivity contribution in [2.45, 2.75) is 19.4 Å². The number of hydrogen-bond acceptors (Lipinski definition) is 3. The zero-order valence-corrected chi connectivity index (χ0v) is 15.2. The smallest absolute Gasteiger partial charge is 0.221 e. The summed E-state index contributed by atoms with van der Waals surface area (Å²) in [6.07, 6.45) is 0.832. The minimum Gasteiger partial charge on any atom is -0.326 e. The Morgan fingerprint density at radius 3 is 2.19 bits per heavy atom. The van der Waals surface area contributed by atoms with Crippen molar-refractivity contribution < 1.29 is 4.79 Å². The number of anilines is 2. The van der Waals surface area contributed by atoms with Crippen LogP contribution in [0.3, 0.4) is 0 Å². The molecule has 3 aromatic rings. The highest BCUT2D eigenvalue weighted by atomic mass is 16.1. The van der Waals surface area contributed by atoms with Crippen LogP contribution in [0, 0.1) is 0 Å². The molecule has 0 aliphatic carbocycles. The lowest BCUT2D eigenvalue weighted by molar-refractivity contribution is -0.114. The van der Waals surface area contributed by atoms with Crippen LogP contribution in [0.1, 0.15) is 30.5 Å². The van der Waals surface area contributed by atoms with Gasteiger partial charge in [0.05, 0.1) is 17.4 Å². The molecule has 0 aromatic heterocycles. The summed E-state index contributed by atoms with van der Waals surface area (Å²) in [6, 6.07) is 28.8. The Bertz CT molecular complexity index is 950. The summed E-state index contributed by atoms with van der Waals surface area (Å²) in [5.74, 6) is -0.0691. The Hall–Kier alpha value is -3.40. The lowest BCUT2D eigenvalue weighted by atomic mass is 9.98. The largest absolute Gasteiger partial charge is 0.326 e. The SMILES string of the molecule is CC(=O)Nc1ccc(C2=NN(c3ccccc3)[C@@H](c3ccccc3)C2)cc1. The van der Waals surface area contributed by atoms with Crippen LogP contribution in [0.2, 0.25) is 0 Å². The second-order valence-corrected chi connectivity index (χ2v) is 6.62.